The van der Waals surface area contributed by atoms with Crippen LogP contribution < -0.4 is 10.6 Å². The van der Waals surface area contributed by atoms with Crippen LogP contribution in [0.4, 0.5) is 15.3 Å². The Labute approximate surface area is 108 Å². The molecular weight excluding hydrogens is 267 g/mol. The second-order valence-corrected chi connectivity index (χ2v) is 3.83. The minimum absolute atomic E-state index is 0.183. The molecule has 2 N–H and O–H groups in total. The number of hydrogen-bond acceptors (Lipinski definition) is 3. The minimum Gasteiger partial charge on any atom is -0.450 e. The highest BCUT2D eigenvalue weighted by Gasteiger charge is 2.08. The Morgan fingerprint density at radius 3 is 2.35 bits per heavy atom. The van der Waals surface area contributed by atoms with Gasteiger partial charge in [0.25, 0.3) is 0 Å². The number of halogens is 2. The van der Waals surface area contributed by atoms with E-state index in [1.807, 2.05) is 5.32 Å². The fraction of sp³-hybridized carbons (Fsp3) is 0.200. The van der Waals surface area contributed by atoms with E-state index in [9.17, 15) is 9.59 Å². The summed E-state index contributed by atoms with van der Waals surface area (Å²) in [5, 5.41) is 5.12. The summed E-state index contributed by atoms with van der Waals surface area (Å²) in [5.74, 6) is 0. The molecule has 0 spiro atoms. The minimum atomic E-state index is -0.821. The first-order valence-corrected chi connectivity index (χ1v) is 5.47. The molecular formula is C10H10Cl2N2O3. The van der Waals surface area contributed by atoms with Gasteiger partial charge in [0.15, 0.2) is 0 Å². The highest BCUT2D eigenvalue weighted by atomic mass is 35.5. The van der Waals surface area contributed by atoms with Crippen molar-refractivity contribution in [2.24, 2.45) is 0 Å². The maximum Gasteiger partial charge on any atom is 0.415 e. The van der Waals surface area contributed by atoms with Gasteiger partial charge in [-0.25, -0.2) is 14.9 Å². The molecule has 0 fully saturated rings. The lowest BCUT2D eigenvalue weighted by Crippen LogP contribution is -2.34. The largest absolute Gasteiger partial charge is 0.450 e. The third-order valence-electron chi connectivity index (χ3n) is 1.61. The standard InChI is InChI=1S/C10H10Cl2N2O3/c1-2-17-10(16)14-9(15)13-8-4-6(11)3-7(12)5-8/h3-5H,2H2,1H3,(H2,13,14,15,16). The van der Waals surface area contributed by atoms with E-state index in [0.717, 1.165) is 0 Å². The van der Waals surface area contributed by atoms with Gasteiger partial charge < -0.3 is 10.1 Å². The molecule has 1 rings (SSSR count). The Morgan fingerprint density at radius 2 is 1.82 bits per heavy atom. The van der Waals surface area contributed by atoms with E-state index in [1.54, 1.807) is 6.92 Å². The Balaban J connectivity index is 2.59. The molecule has 1 aromatic carbocycles. The van der Waals surface area contributed by atoms with Gasteiger partial charge in [-0.15, -0.1) is 0 Å². The lowest BCUT2D eigenvalue weighted by molar-refractivity contribution is 0.154. The van der Waals surface area contributed by atoms with Crippen LogP contribution in [-0.2, 0) is 4.74 Å². The fourth-order valence-electron chi connectivity index (χ4n) is 1.05. The number of rotatable bonds is 2. The van der Waals surface area contributed by atoms with Crippen LogP contribution >= 0.6 is 23.2 Å². The molecule has 0 heterocycles. The summed E-state index contributed by atoms with van der Waals surface area (Å²) in [6.45, 7) is 1.82. The number of nitrogens with one attached hydrogen (secondary N) is 2. The SMILES string of the molecule is CCOC(=O)NC(=O)Nc1cc(Cl)cc(Cl)c1. The van der Waals surface area contributed by atoms with Crippen molar-refractivity contribution in [3.8, 4) is 0 Å². The second-order valence-electron chi connectivity index (χ2n) is 2.96. The molecule has 3 amide bonds. The van der Waals surface area contributed by atoms with Crippen molar-refractivity contribution >= 4 is 41.0 Å². The zero-order valence-electron chi connectivity index (χ0n) is 8.92. The average Bonchev–Trinajstić information content (AvgIpc) is 2.14. The van der Waals surface area contributed by atoms with Gasteiger partial charge in [0.1, 0.15) is 0 Å². The van der Waals surface area contributed by atoms with E-state index in [0.29, 0.717) is 15.7 Å². The number of urea groups is 1. The Kier molecular flexibility index (Phi) is 5.06. The van der Waals surface area contributed by atoms with Crippen molar-refractivity contribution in [3.05, 3.63) is 28.2 Å². The molecule has 0 bridgehead atoms. The van der Waals surface area contributed by atoms with Gasteiger partial charge >= 0.3 is 12.1 Å². The first-order chi connectivity index (χ1) is 8.01. The van der Waals surface area contributed by atoms with Crippen molar-refractivity contribution in [1.82, 2.24) is 5.32 Å². The van der Waals surface area contributed by atoms with Crippen molar-refractivity contribution < 1.29 is 14.3 Å². The molecule has 0 radical (unpaired) electrons. The molecule has 7 heteroatoms. The summed E-state index contributed by atoms with van der Waals surface area (Å²) in [6.07, 6.45) is -0.821. The zero-order chi connectivity index (χ0) is 12.8. The van der Waals surface area contributed by atoms with Crippen molar-refractivity contribution in [2.75, 3.05) is 11.9 Å². The van der Waals surface area contributed by atoms with Crippen LogP contribution in [0.5, 0.6) is 0 Å². The lowest BCUT2D eigenvalue weighted by atomic mass is 10.3. The predicted molar refractivity (Wildman–Crippen MR) is 65.6 cm³/mol. The number of ether oxygens (including phenoxy) is 1. The Bertz CT molecular complexity index is 417. The number of hydrogen-bond donors (Lipinski definition) is 2. The van der Waals surface area contributed by atoms with Crippen LogP contribution in [0, 0.1) is 0 Å². The van der Waals surface area contributed by atoms with Crippen molar-refractivity contribution in [2.45, 2.75) is 6.92 Å². The maximum absolute atomic E-state index is 11.3. The van der Waals surface area contributed by atoms with E-state index >= 15 is 0 Å². The number of carbonyl (C=O) groups is 2. The summed E-state index contributed by atoms with van der Waals surface area (Å²) in [5.41, 5.74) is 0.379. The normalized spacial score (nSPS) is 9.59. The van der Waals surface area contributed by atoms with E-state index in [1.165, 1.54) is 18.2 Å². The smallest absolute Gasteiger partial charge is 0.415 e. The summed E-state index contributed by atoms with van der Waals surface area (Å²) < 4.78 is 4.53. The number of amides is 3. The lowest BCUT2D eigenvalue weighted by Gasteiger charge is -2.07. The van der Waals surface area contributed by atoms with Gasteiger partial charge in [-0.3, -0.25) is 0 Å². The van der Waals surface area contributed by atoms with Gasteiger partial charge in [-0.05, 0) is 25.1 Å². The predicted octanol–water partition coefficient (Wildman–Crippen LogP) is 3.27. The first kappa shape index (κ1) is 13.6. The van der Waals surface area contributed by atoms with Crippen LogP contribution in [0.3, 0.4) is 0 Å². The molecule has 0 aliphatic heterocycles. The number of imide groups is 1. The summed E-state index contributed by atoms with van der Waals surface area (Å²) in [7, 11) is 0. The van der Waals surface area contributed by atoms with Gasteiger partial charge in [0.05, 0.1) is 6.61 Å². The van der Waals surface area contributed by atoms with Gasteiger partial charge in [-0.1, -0.05) is 23.2 Å². The number of alkyl carbamates (subject to hydrolysis) is 1. The van der Waals surface area contributed by atoms with Crippen LogP contribution in [0.15, 0.2) is 18.2 Å². The molecule has 1 aromatic rings. The summed E-state index contributed by atoms with van der Waals surface area (Å²) in [6, 6.07) is 3.80. The fourth-order valence-corrected chi connectivity index (χ4v) is 1.57. The van der Waals surface area contributed by atoms with Gasteiger partial charge in [0, 0.05) is 15.7 Å². The Morgan fingerprint density at radius 1 is 1.24 bits per heavy atom. The highest BCUT2D eigenvalue weighted by molar-refractivity contribution is 6.35. The monoisotopic (exact) mass is 276 g/mol. The average molecular weight is 277 g/mol. The highest BCUT2D eigenvalue weighted by Crippen LogP contribution is 2.22. The van der Waals surface area contributed by atoms with Crippen LogP contribution in [0.1, 0.15) is 6.92 Å². The summed E-state index contributed by atoms with van der Waals surface area (Å²) >= 11 is 11.5. The molecule has 0 atom stereocenters. The van der Waals surface area contributed by atoms with E-state index in [2.05, 4.69) is 10.1 Å². The van der Waals surface area contributed by atoms with Crippen LogP contribution in [0.25, 0.3) is 0 Å². The molecule has 5 nitrogen and oxygen atoms in total. The van der Waals surface area contributed by atoms with E-state index in [-0.39, 0.29) is 6.61 Å². The van der Waals surface area contributed by atoms with Gasteiger partial charge in [0.2, 0.25) is 0 Å². The zero-order valence-corrected chi connectivity index (χ0v) is 10.4. The van der Waals surface area contributed by atoms with E-state index < -0.39 is 12.1 Å². The van der Waals surface area contributed by atoms with Gasteiger partial charge in [-0.2, -0.15) is 0 Å². The topological polar surface area (TPSA) is 67.4 Å². The van der Waals surface area contributed by atoms with E-state index in [4.69, 9.17) is 23.2 Å². The third kappa shape index (κ3) is 4.93. The quantitative estimate of drug-likeness (QED) is 0.871. The summed E-state index contributed by atoms with van der Waals surface area (Å²) in [4.78, 5) is 22.2. The second kappa shape index (κ2) is 6.32. The molecule has 0 unspecified atom stereocenters. The maximum atomic E-state index is 11.3. The van der Waals surface area contributed by atoms with Crippen molar-refractivity contribution in [3.63, 3.8) is 0 Å². The molecule has 92 valence electrons. The number of anilines is 1. The molecule has 0 aromatic heterocycles. The number of carbonyl (C=O) groups excluding carboxylic acids is 2. The third-order valence-corrected chi connectivity index (χ3v) is 2.05. The molecule has 0 saturated heterocycles. The van der Waals surface area contributed by atoms with Crippen LogP contribution in [0.2, 0.25) is 10.0 Å². The molecule has 0 saturated carbocycles. The first-order valence-electron chi connectivity index (χ1n) is 4.72. The van der Waals surface area contributed by atoms with Crippen LogP contribution in [-0.4, -0.2) is 18.7 Å². The molecule has 0 aliphatic rings. The molecule has 0 aliphatic carbocycles. The van der Waals surface area contributed by atoms with Crippen molar-refractivity contribution in [1.29, 1.82) is 0 Å². The Hall–Kier alpha value is -1.46. The molecule has 17 heavy (non-hydrogen) atoms. The number of benzene rings is 1.